The molecule has 0 aromatic rings. The van der Waals surface area contributed by atoms with E-state index in [1.165, 1.54) is 13.8 Å². The van der Waals surface area contributed by atoms with E-state index >= 15 is 0 Å². The van der Waals surface area contributed by atoms with Crippen LogP contribution in [0.4, 0.5) is 4.79 Å². The Morgan fingerprint density at radius 1 is 1.35 bits per heavy atom. The van der Waals surface area contributed by atoms with Crippen molar-refractivity contribution in [3.63, 3.8) is 0 Å². The van der Waals surface area contributed by atoms with Gasteiger partial charge in [0.15, 0.2) is 0 Å². The second-order valence-electron chi connectivity index (χ2n) is 3.84. The Hall–Kier alpha value is 0.140. The molecule has 1 saturated heterocycles. The van der Waals surface area contributed by atoms with Crippen molar-refractivity contribution in [2.24, 2.45) is 0 Å². The van der Waals surface area contributed by atoms with Crippen LogP contribution in [0.1, 0.15) is 13.8 Å². The van der Waals surface area contributed by atoms with Crippen LogP contribution in [0.3, 0.4) is 0 Å². The molecule has 92 valence electrons. The molecule has 3 amide bonds. The van der Waals surface area contributed by atoms with Gasteiger partial charge in [-0.1, -0.05) is 0 Å². The van der Waals surface area contributed by atoms with Crippen LogP contribution < -0.4 is 29.6 Å². The maximum Gasteiger partial charge on any atom is 1.00 e. The molecule has 0 saturated carbocycles. The minimum Gasteiger partial charge on any atom is -0.748 e. The van der Waals surface area contributed by atoms with Crippen molar-refractivity contribution >= 4 is 33.8 Å². The number of rotatable bonds is 3. The van der Waals surface area contributed by atoms with Crippen LogP contribution in [-0.4, -0.2) is 52.1 Å². The molecule has 0 aliphatic carbocycles. The molecule has 0 aromatic carbocycles. The molecule has 0 N–H and O–H groups in total. The van der Waals surface area contributed by atoms with Crippen LogP contribution in [0.15, 0.2) is 0 Å². The van der Waals surface area contributed by atoms with E-state index in [-0.39, 0.29) is 29.6 Å². The Morgan fingerprint density at radius 3 is 2.12 bits per heavy atom. The molecule has 10 heteroatoms. The summed E-state index contributed by atoms with van der Waals surface area (Å²) in [4.78, 5) is 23.8. The van der Waals surface area contributed by atoms with Crippen LogP contribution in [0.5, 0.6) is 0 Å². The zero-order valence-corrected chi connectivity index (χ0v) is 13.2. The van der Waals surface area contributed by atoms with Gasteiger partial charge in [-0.15, -0.1) is 0 Å². The summed E-state index contributed by atoms with van der Waals surface area (Å²) >= 11 is 5.59. The van der Waals surface area contributed by atoms with E-state index in [4.69, 9.17) is 11.8 Å². The molecule has 1 rings (SSSR count). The molecule has 1 aliphatic heterocycles. The van der Waals surface area contributed by atoms with Crippen LogP contribution in [-0.2, 0) is 14.9 Å². The Bertz CT molecular complexity index is 438. The molecule has 17 heavy (non-hydrogen) atoms. The average molecular weight is 293 g/mol. The Kier molecular flexibility index (Phi) is 5.46. The molecule has 0 aromatic heterocycles. The number of imide groups is 1. The maximum atomic E-state index is 11.6. The SMILES string of the molecule is CC1(C)C(=O)N(CCS(=O)(=O)[O-])C(=O)N1Cl.[Na+]. The zero-order valence-electron chi connectivity index (χ0n) is 9.64. The van der Waals surface area contributed by atoms with Crippen LogP contribution in [0.2, 0.25) is 0 Å². The Balaban J connectivity index is 0.00000256. The second-order valence-corrected chi connectivity index (χ2v) is 5.70. The average Bonchev–Trinajstić information content (AvgIpc) is 2.26. The number of hydrogen-bond acceptors (Lipinski definition) is 5. The Morgan fingerprint density at radius 2 is 1.82 bits per heavy atom. The van der Waals surface area contributed by atoms with Gasteiger partial charge in [0.2, 0.25) is 0 Å². The summed E-state index contributed by atoms with van der Waals surface area (Å²) in [6.45, 7) is 2.37. The monoisotopic (exact) mass is 292 g/mol. The van der Waals surface area contributed by atoms with Gasteiger partial charge in [-0.25, -0.2) is 17.6 Å². The largest absolute Gasteiger partial charge is 1.00 e. The minimum absolute atomic E-state index is 0. The number of carbonyl (C=O) groups excluding carboxylic acids is 2. The summed E-state index contributed by atoms with van der Waals surface area (Å²) in [6.07, 6.45) is 0. The number of halogens is 1. The van der Waals surface area contributed by atoms with Crippen molar-refractivity contribution in [3.05, 3.63) is 0 Å². The number of carbonyl (C=O) groups is 2. The summed E-state index contributed by atoms with van der Waals surface area (Å²) in [6, 6.07) is -0.819. The van der Waals surface area contributed by atoms with E-state index in [1.807, 2.05) is 0 Å². The standard InChI is InChI=1S/C7H11ClN2O5S.Na/c1-7(2)5(11)9(6(12)10(7)8)3-4-16(13,14)15;/h3-4H2,1-2H3,(H,13,14,15);/q;+1/p-1. The number of hydrogen-bond donors (Lipinski definition) is 0. The quantitative estimate of drug-likeness (QED) is 0.235. The summed E-state index contributed by atoms with van der Waals surface area (Å²) in [5.41, 5.74) is -1.23. The van der Waals surface area contributed by atoms with E-state index in [9.17, 15) is 22.6 Å². The van der Waals surface area contributed by atoms with Crippen molar-refractivity contribution in [2.75, 3.05) is 12.3 Å². The van der Waals surface area contributed by atoms with E-state index in [2.05, 4.69) is 0 Å². The number of nitrogens with zero attached hydrogens (tertiary/aromatic N) is 2. The summed E-state index contributed by atoms with van der Waals surface area (Å²) in [5, 5.41) is 0. The first-order valence-electron chi connectivity index (χ1n) is 4.33. The van der Waals surface area contributed by atoms with E-state index < -0.39 is 39.9 Å². The topological polar surface area (TPSA) is 97.8 Å². The fourth-order valence-electron chi connectivity index (χ4n) is 1.25. The molecule has 7 nitrogen and oxygen atoms in total. The van der Waals surface area contributed by atoms with Gasteiger partial charge >= 0.3 is 35.6 Å². The van der Waals surface area contributed by atoms with Gasteiger partial charge in [0.1, 0.15) is 5.54 Å². The van der Waals surface area contributed by atoms with Gasteiger partial charge in [-0.05, 0) is 13.8 Å². The molecule has 0 atom stereocenters. The van der Waals surface area contributed by atoms with Crippen LogP contribution in [0.25, 0.3) is 0 Å². The molecule has 1 aliphatic rings. The summed E-state index contributed by atoms with van der Waals surface area (Å²) in [5.74, 6) is -1.44. The molecular formula is C7H10ClN2NaO5S. The van der Waals surface area contributed by atoms with Crippen LogP contribution in [0, 0.1) is 0 Å². The van der Waals surface area contributed by atoms with Gasteiger partial charge in [0.05, 0.1) is 15.9 Å². The van der Waals surface area contributed by atoms with Crippen molar-refractivity contribution in [1.82, 2.24) is 9.32 Å². The van der Waals surface area contributed by atoms with Gasteiger partial charge < -0.3 is 4.55 Å². The molecule has 0 spiro atoms. The van der Waals surface area contributed by atoms with Crippen molar-refractivity contribution in [1.29, 1.82) is 0 Å². The maximum absolute atomic E-state index is 11.6. The third-order valence-electron chi connectivity index (χ3n) is 2.22. The first-order valence-corrected chi connectivity index (χ1v) is 6.24. The summed E-state index contributed by atoms with van der Waals surface area (Å²) < 4.78 is 31.9. The van der Waals surface area contributed by atoms with Gasteiger partial charge in [0, 0.05) is 18.3 Å². The van der Waals surface area contributed by atoms with Gasteiger partial charge in [-0.2, -0.15) is 0 Å². The number of urea groups is 1. The molecule has 0 radical (unpaired) electrons. The third-order valence-corrected chi connectivity index (χ3v) is 3.47. The molecule has 0 bridgehead atoms. The fourth-order valence-corrected chi connectivity index (χ4v) is 1.82. The third kappa shape index (κ3) is 3.55. The molecule has 1 heterocycles. The predicted octanol–water partition coefficient (Wildman–Crippen LogP) is -3.27. The minimum atomic E-state index is -4.47. The molecular weight excluding hydrogens is 283 g/mol. The van der Waals surface area contributed by atoms with Gasteiger partial charge in [0.25, 0.3) is 5.91 Å². The zero-order chi connectivity index (χ0) is 12.7. The normalized spacial score (nSPS) is 19.5. The van der Waals surface area contributed by atoms with Crippen molar-refractivity contribution < 1.29 is 52.1 Å². The first-order chi connectivity index (χ1) is 7.07. The second kappa shape index (κ2) is 5.41. The van der Waals surface area contributed by atoms with Crippen LogP contribution >= 0.6 is 11.8 Å². The van der Waals surface area contributed by atoms with E-state index in [0.717, 1.165) is 0 Å². The Labute approximate surface area is 126 Å². The predicted molar refractivity (Wildman–Crippen MR) is 53.4 cm³/mol. The molecule has 0 unspecified atom stereocenters. The summed E-state index contributed by atoms with van der Waals surface area (Å²) in [7, 11) is -4.47. The number of amides is 3. The van der Waals surface area contributed by atoms with Gasteiger partial charge in [-0.3, -0.25) is 9.69 Å². The van der Waals surface area contributed by atoms with E-state index in [1.54, 1.807) is 0 Å². The first kappa shape index (κ1) is 17.1. The molecule has 1 fully saturated rings. The van der Waals surface area contributed by atoms with E-state index in [0.29, 0.717) is 9.32 Å². The van der Waals surface area contributed by atoms with Crippen molar-refractivity contribution in [3.8, 4) is 0 Å². The fraction of sp³-hybridized carbons (Fsp3) is 0.714. The van der Waals surface area contributed by atoms with Crippen molar-refractivity contribution in [2.45, 2.75) is 19.4 Å². The smallest absolute Gasteiger partial charge is 0.748 e.